The lowest BCUT2D eigenvalue weighted by atomic mass is 9.81. The Kier molecular flexibility index (Phi) is 6.49. The van der Waals surface area contributed by atoms with E-state index in [0.29, 0.717) is 5.92 Å². The van der Waals surface area contributed by atoms with E-state index < -0.39 is 0 Å². The Balaban J connectivity index is 1.17. The van der Waals surface area contributed by atoms with Crippen LogP contribution in [0.2, 0.25) is 0 Å². The third-order valence-corrected chi connectivity index (χ3v) is 7.84. The third kappa shape index (κ3) is 4.70. The zero-order valence-electron chi connectivity index (χ0n) is 19.0. The molecule has 1 saturated carbocycles. The Bertz CT molecular complexity index is 873. The SMILES string of the molecule is O=CNC1(CC2CCN(c3ccc(-c4cnn(C5CCCCO5)c4)cc3)CC2)CCCC1. The quantitative estimate of drug-likeness (QED) is 0.626. The molecule has 2 aromatic rings. The van der Waals surface area contributed by atoms with Gasteiger partial charge >= 0.3 is 0 Å². The highest BCUT2D eigenvalue weighted by Crippen LogP contribution is 2.38. The molecule has 6 nitrogen and oxygen atoms in total. The van der Waals surface area contributed by atoms with Gasteiger partial charge in [0.25, 0.3) is 0 Å². The van der Waals surface area contributed by atoms with Gasteiger partial charge in [0.05, 0.1) is 6.20 Å². The molecule has 3 fully saturated rings. The minimum Gasteiger partial charge on any atom is -0.372 e. The molecule has 5 rings (SSSR count). The summed E-state index contributed by atoms with van der Waals surface area (Å²) in [5.41, 5.74) is 3.73. The molecule has 6 heteroatoms. The van der Waals surface area contributed by atoms with Gasteiger partial charge in [0, 0.05) is 42.7 Å². The lowest BCUT2D eigenvalue weighted by Crippen LogP contribution is -2.45. The number of carbonyl (C=O) groups is 1. The van der Waals surface area contributed by atoms with Crippen LogP contribution in [0.1, 0.15) is 70.4 Å². The van der Waals surface area contributed by atoms with Gasteiger partial charge in [0.2, 0.25) is 6.41 Å². The molecule has 0 bridgehead atoms. The van der Waals surface area contributed by atoms with Crippen LogP contribution in [0, 0.1) is 5.92 Å². The number of hydrogen-bond acceptors (Lipinski definition) is 4. The number of piperidine rings is 1. The van der Waals surface area contributed by atoms with Crippen molar-refractivity contribution < 1.29 is 9.53 Å². The molecule has 0 radical (unpaired) electrons. The lowest BCUT2D eigenvalue weighted by molar-refractivity contribution is -0.111. The minimum absolute atomic E-state index is 0.0728. The van der Waals surface area contributed by atoms with Crippen LogP contribution in [0.15, 0.2) is 36.7 Å². The molecule has 1 amide bonds. The van der Waals surface area contributed by atoms with E-state index in [-0.39, 0.29) is 11.8 Å². The zero-order valence-corrected chi connectivity index (χ0v) is 19.0. The highest BCUT2D eigenvalue weighted by molar-refractivity contribution is 5.65. The van der Waals surface area contributed by atoms with E-state index in [9.17, 15) is 4.79 Å². The van der Waals surface area contributed by atoms with Crippen molar-refractivity contribution in [3.8, 4) is 11.1 Å². The van der Waals surface area contributed by atoms with Gasteiger partial charge in [0.15, 0.2) is 0 Å². The number of nitrogens with one attached hydrogen (secondary N) is 1. The van der Waals surface area contributed by atoms with Crippen LogP contribution in [-0.2, 0) is 9.53 Å². The summed E-state index contributed by atoms with van der Waals surface area (Å²) in [4.78, 5) is 13.6. The van der Waals surface area contributed by atoms with E-state index in [1.165, 1.54) is 43.4 Å². The highest BCUT2D eigenvalue weighted by atomic mass is 16.5. The summed E-state index contributed by atoms with van der Waals surface area (Å²) in [6, 6.07) is 8.92. The summed E-state index contributed by atoms with van der Waals surface area (Å²) in [5, 5.41) is 7.74. The Morgan fingerprint density at radius 1 is 1.03 bits per heavy atom. The van der Waals surface area contributed by atoms with Gasteiger partial charge in [-0.3, -0.25) is 4.79 Å². The Hall–Kier alpha value is -2.34. The van der Waals surface area contributed by atoms with Crippen molar-refractivity contribution in [3.05, 3.63) is 36.7 Å². The second-order valence-corrected chi connectivity index (χ2v) is 9.96. The first kappa shape index (κ1) is 21.5. The van der Waals surface area contributed by atoms with E-state index in [1.54, 1.807) is 0 Å². The van der Waals surface area contributed by atoms with Crippen LogP contribution in [0.3, 0.4) is 0 Å². The number of aromatic nitrogens is 2. The first-order valence-corrected chi connectivity index (χ1v) is 12.5. The number of hydrogen-bond donors (Lipinski definition) is 1. The number of benzene rings is 1. The van der Waals surface area contributed by atoms with Crippen molar-refractivity contribution in [3.63, 3.8) is 0 Å². The maximum absolute atomic E-state index is 11.1. The average Bonchev–Trinajstić information content (AvgIpc) is 3.51. The molecule has 2 saturated heterocycles. The molecule has 1 aromatic heterocycles. The van der Waals surface area contributed by atoms with Crippen molar-refractivity contribution in [2.24, 2.45) is 5.92 Å². The average molecular weight is 437 g/mol. The van der Waals surface area contributed by atoms with Crippen LogP contribution < -0.4 is 10.2 Å². The fourth-order valence-corrected chi connectivity index (χ4v) is 5.97. The molecule has 2 aliphatic heterocycles. The summed E-state index contributed by atoms with van der Waals surface area (Å²) in [7, 11) is 0. The molecule has 0 spiro atoms. The van der Waals surface area contributed by atoms with Crippen LogP contribution in [0.4, 0.5) is 5.69 Å². The maximum atomic E-state index is 11.1. The van der Waals surface area contributed by atoms with Crippen molar-refractivity contribution in [1.82, 2.24) is 15.1 Å². The summed E-state index contributed by atoms with van der Waals surface area (Å²) in [6.07, 6.45) is 16.8. The van der Waals surface area contributed by atoms with Crippen molar-refractivity contribution in [1.29, 1.82) is 0 Å². The van der Waals surface area contributed by atoms with E-state index in [4.69, 9.17) is 4.74 Å². The molecule has 1 unspecified atom stereocenters. The number of amides is 1. The monoisotopic (exact) mass is 436 g/mol. The molecular weight excluding hydrogens is 400 g/mol. The minimum atomic E-state index is 0.0728. The predicted octanol–water partition coefficient (Wildman–Crippen LogP) is 4.91. The smallest absolute Gasteiger partial charge is 0.207 e. The van der Waals surface area contributed by atoms with E-state index >= 15 is 0 Å². The number of rotatable bonds is 7. The van der Waals surface area contributed by atoms with Gasteiger partial charge in [-0.1, -0.05) is 25.0 Å². The normalized spacial score (nSPS) is 23.9. The van der Waals surface area contributed by atoms with E-state index in [1.807, 2.05) is 10.9 Å². The topological polar surface area (TPSA) is 59.4 Å². The first-order valence-electron chi connectivity index (χ1n) is 12.5. The second-order valence-electron chi connectivity index (χ2n) is 9.96. The van der Waals surface area contributed by atoms with Crippen molar-refractivity contribution >= 4 is 12.1 Å². The fourth-order valence-electron chi connectivity index (χ4n) is 5.97. The maximum Gasteiger partial charge on any atom is 0.207 e. The molecular formula is C26H36N4O2. The van der Waals surface area contributed by atoms with Crippen LogP contribution in [0.25, 0.3) is 11.1 Å². The predicted molar refractivity (Wildman–Crippen MR) is 126 cm³/mol. The number of anilines is 1. The number of carbonyl (C=O) groups excluding carboxylic acids is 1. The largest absolute Gasteiger partial charge is 0.372 e. The summed E-state index contributed by atoms with van der Waals surface area (Å²) >= 11 is 0. The van der Waals surface area contributed by atoms with Crippen molar-refractivity contribution in [2.45, 2.75) is 76.0 Å². The molecule has 1 aromatic carbocycles. The van der Waals surface area contributed by atoms with Gasteiger partial charge < -0.3 is 15.0 Å². The molecule has 3 heterocycles. The molecule has 3 aliphatic rings. The first-order chi connectivity index (χ1) is 15.7. The van der Waals surface area contributed by atoms with Crippen LogP contribution in [-0.4, -0.2) is 41.4 Å². The van der Waals surface area contributed by atoms with E-state index in [0.717, 1.165) is 63.8 Å². The number of ether oxygens (including phenoxy) is 1. The lowest BCUT2D eigenvalue weighted by Gasteiger charge is -2.38. The van der Waals surface area contributed by atoms with E-state index in [2.05, 4.69) is 45.8 Å². The van der Waals surface area contributed by atoms with Crippen molar-refractivity contribution in [2.75, 3.05) is 24.6 Å². The van der Waals surface area contributed by atoms with Crippen LogP contribution >= 0.6 is 0 Å². The molecule has 1 N–H and O–H groups in total. The standard InChI is InChI=1S/C26H36N4O2/c31-20-27-26(12-2-3-13-26)17-21-10-14-29(15-11-21)24-8-6-22(7-9-24)23-18-28-30(19-23)25-5-1-4-16-32-25/h6-9,18-21,25H,1-5,10-17H2,(H,27,31). The molecule has 1 aliphatic carbocycles. The Labute approximate surface area is 191 Å². The summed E-state index contributed by atoms with van der Waals surface area (Å²) in [6.45, 7) is 3.02. The Morgan fingerprint density at radius 3 is 2.50 bits per heavy atom. The van der Waals surface area contributed by atoms with Gasteiger partial charge in [-0.05, 0) is 75.0 Å². The van der Waals surface area contributed by atoms with Gasteiger partial charge in [-0.2, -0.15) is 5.10 Å². The Morgan fingerprint density at radius 2 is 1.81 bits per heavy atom. The van der Waals surface area contributed by atoms with Gasteiger partial charge in [0.1, 0.15) is 6.23 Å². The third-order valence-electron chi connectivity index (χ3n) is 7.84. The summed E-state index contributed by atoms with van der Waals surface area (Å²) in [5.74, 6) is 0.712. The van der Waals surface area contributed by atoms with Crippen LogP contribution in [0.5, 0.6) is 0 Å². The second kappa shape index (κ2) is 9.65. The van der Waals surface area contributed by atoms with Gasteiger partial charge in [-0.25, -0.2) is 4.68 Å². The zero-order chi connectivity index (χ0) is 21.8. The molecule has 32 heavy (non-hydrogen) atoms. The number of nitrogens with zero attached hydrogens (tertiary/aromatic N) is 3. The highest BCUT2D eigenvalue weighted by Gasteiger charge is 2.36. The molecule has 172 valence electrons. The summed E-state index contributed by atoms with van der Waals surface area (Å²) < 4.78 is 7.83. The van der Waals surface area contributed by atoms with Gasteiger partial charge in [-0.15, -0.1) is 0 Å². The fraction of sp³-hybridized carbons (Fsp3) is 0.615. The molecule has 1 atom stereocenters.